The third-order valence-corrected chi connectivity index (χ3v) is 4.02. The van der Waals surface area contributed by atoms with Crippen molar-refractivity contribution in [1.29, 1.82) is 0 Å². The fraction of sp³-hybridized carbons (Fsp3) is 0.200. The number of benzene rings is 2. The Morgan fingerprint density at radius 3 is 2.43 bits per heavy atom. The molecule has 0 aromatic heterocycles. The van der Waals surface area contributed by atoms with E-state index < -0.39 is 0 Å². The summed E-state index contributed by atoms with van der Waals surface area (Å²) >= 11 is 9.39. The summed E-state index contributed by atoms with van der Waals surface area (Å²) in [5.41, 5.74) is 1.83. The molecular formula is C15H15BrClNO3. The fourth-order valence-electron chi connectivity index (χ4n) is 1.85. The van der Waals surface area contributed by atoms with Crippen LogP contribution in [0.25, 0.3) is 0 Å². The smallest absolute Gasteiger partial charge is 0.161 e. The number of nitrogens with one attached hydrogen (secondary N) is 1. The summed E-state index contributed by atoms with van der Waals surface area (Å²) in [6.45, 7) is 0.571. The van der Waals surface area contributed by atoms with Crippen LogP contribution in [0.2, 0.25) is 5.02 Å². The first-order valence-electron chi connectivity index (χ1n) is 6.18. The van der Waals surface area contributed by atoms with Gasteiger partial charge in [-0.25, -0.2) is 0 Å². The van der Waals surface area contributed by atoms with Crippen LogP contribution in [-0.2, 0) is 6.54 Å². The van der Waals surface area contributed by atoms with Crippen LogP contribution in [0.5, 0.6) is 17.2 Å². The van der Waals surface area contributed by atoms with Crippen molar-refractivity contribution in [1.82, 2.24) is 0 Å². The summed E-state index contributed by atoms with van der Waals surface area (Å²) in [7, 11) is 3.20. The van der Waals surface area contributed by atoms with Gasteiger partial charge in [-0.05, 0) is 35.9 Å². The SMILES string of the molecule is COc1cc(Br)c(CNc2ccc(O)c(Cl)c2)cc1OC. The Bertz CT molecular complexity index is 649. The molecule has 0 unspecified atom stereocenters. The highest BCUT2D eigenvalue weighted by Gasteiger charge is 2.09. The number of hydrogen-bond donors (Lipinski definition) is 2. The van der Waals surface area contributed by atoms with Crippen LogP contribution < -0.4 is 14.8 Å². The van der Waals surface area contributed by atoms with E-state index in [4.69, 9.17) is 21.1 Å². The Hall–Kier alpha value is -1.59. The Morgan fingerprint density at radius 1 is 1.14 bits per heavy atom. The normalized spacial score (nSPS) is 10.3. The average Bonchev–Trinajstić information content (AvgIpc) is 2.49. The molecule has 0 aliphatic rings. The largest absolute Gasteiger partial charge is 0.506 e. The molecule has 2 aromatic carbocycles. The second-order valence-electron chi connectivity index (χ2n) is 4.32. The van der Waals surface area contributed by atoms with Crippen molar-refractivity contribution in [3.63, 3.8) is 0 Å². The van der Waals surface area contributed by atoms with E-state index in [9.17, 15) is 5.11 Å². The van der Waals surface area contributed by atoms with Crippen molar-refractivity contribution in [2.75, 3.05) is 19.5 Å². The molecule has 0 radical (unpaired) electrons. The maximum Gasteiger partial charge on any atom is 0.161 e. The van der Waals surface area contributed by atoms with Crippen molar-refractivity contribution in [3.05, 3.63) is 45.4 Å². The van der Waals surface area contributed by atoms with Crippen LogP contribution in [0.4, 0.5) is 5.69 Å². The van der Waals surface area contributed by atoms with Gasteiger partial charge in [0.05, 0.1) is 19.2 Å². The average molecular weight is 373 g/mol. The first-order chi connectivity index (χ1) is 10.0. The molecule has 0 bridgehead atoms. The summed E-state index contributed by atoms with van der Waals surface area (Å²) in [6, 6.07) is 8.74. The van der Waals surface area contributed by atoms with Crippen LogP contribution in [0, 0.1) is 0 Å². The Morgan fingerprint density at radius 2 is 1.81 bits per heavy atom. The maximum absolute atomic E-state index is 9.40. The standard InChI is InChI=1S/C15H15BrClNO3/c1-20-14-5-9(11(16)7-15(14)21-2)8-18-10-3-4-13(19)12(17)6-10/h3-7,18-19H,8H2,1-2H3. The highest BCUT2D eigenvalue weighted by Crippen LogP contribution is 2.34. The first-order valence-corrected chi connectivity index (χ1v) is 7.35. The van der Waals surface area contributed by atoms with E-state index in [1.165, 1.54) is 0 Å². The molecule has 4 nitrogen and oxygen atoms in total. The van der Waals surface area contributed by atoms with E-state index in [-0.39, 0.29) is 5.75 Å². The number of phenols is 1. The fourth-order valence-corrected chi connectivity index (χ4v) is 2.49. The van der Waals surface area contributed by atoms with Gasteiger partial charge in [-0.15, -0.1) is 0 Å². The number of methoxy groups -OCH3 is 2. The highest BCUT2D eigenvalue weighted by atomic mass is 79.9. The third kappa shape index (κ3) is 3.74. The van der Waals surface area contributed by atoms with Crippen LogP contribution in [0.3, 0.4) is 0 Å². The number of halogens is 2. The van der Waals surface area contributed by atoms with Crippen molar-refractivity contribution in [2.24, 2.45) is 0 Å². The zero-order chi connectivity index (χ0) is 15.4. The van der Waals surface area contributed by atoms with Crippen LogP contribution in [0.15, 0.2) is 34.8 Å². The number of hydrogen-bond acceptors (Lipinski definition) is 4. The summed E-state index contributed by atoms with van der Waals surface area (Å²) in [5, 5.41) is 12.9. The lowest BCUT2D eigenvalue weighted by molar-refractivity contribution is 0.354. The molecule has 0 aliphatic heterocycles. The van der Waals surface area contributed by atoms with Crippen LogP contribution in [0.1, 0.15) is 5.56 Å². The Kier molecular flexibility index (Phi) is 5.20. The minimum atomic E-state index is 0.0644. The summed E-state index contributed by atoms with van der Waals surface area (Å²) < 4.78 is 11.4. The molecule has 2 rings (SSSR count). The molecule has 2 aromatic rings. The molecule has 112 valence electrons. The number of aromatic hydroxyl groups is 1. The minimum absolute atomic E-state index is 0.0644. The molecule has 0 saturated heterocycles. The van der Waals surface area contributed by atoms with Gasteiger partial charge < -0.3 is 19.9 Å². The van der Waals surface area contributed by atoms with Gasteiger partial charge in [-0.2, -0.15) is 0 Å². The summed E-state index contributed by atoms with van der Waals surface area (Å²) in [6.07, 6.45) is 0. The van der Waals surface area contributed by atoms with E-state index in [2.05, 4.69) is 21.2 Å². The Labute approximate surface area is 136 Å². The lowest BCUT2D eigenvalue weighted by Gasteiger charge is -2.13. The summed E-state index contributed by atoms with van der Waals surface area (Å²) in [5.74, 6) is 1.40. The van der Waals surface area contributed by atoms with Gasteiger partial charge in [-0.1, -0.05) is 27.5 Å². The van der Waals surface area contributed by atoms with Gasteiger partial charge in [-0.3, -0.25) is 0 Å². The number of ether oxygens (including phenoxy) is 2. The number of anilines is 1. The van der Waals surface area contributed by atoms with E-state index >= 15 is 0 Å². The molecule has 6 heteroatoms. The molecule has 0 fully saturated rings. The quantitative estimate of drug-likeness (QED) is 0.762. The summed E-state index contributed by atoms with van der Waals surface area (Å²) in [4.78, 5) is 0. The molecule has 21 heavy (non-hydrogen) atoms. The van der Waals surface area contributed by atoms with Gasteiger partial charge in [0, 0.05) is 16.7 Å². The van der Waals surface area contributed by atoms with Crippen LogP contribution >= 0.6 is 27.5 Å². The Balaban J connectivity index is 2.17. The van der Waals surface area contributed by atoms with Crippen molar-refractivity contribution >= 4 is 33.2 Å². The predicted molar refractivity (Wildman–Crippen MR) is 87.7 cm³/mol. The van der Waals surface area contributed by atoms with Crippen LogP contribution in [-0.4, -0.2) is 19.3 Å². The number of rotatable bonds is 5. The lowest BCUT2D eigenvalue weighted by Crippen LogP contribution is -2.01. The van der Waals surface area contributed by atoms with E-state index in [0.29, 0.717) is 23.1 Å². The monoisotopic (exact) mass is 371 g/mol. The highest BCUT2D eigenvalue weighted by molar-refractivity contribution is 9.10. The van der Waals surface area contributed by atoms with E-state index in [1.54, 1.807) is 32.4 Å². The molecule has 0 amide bonds. The number of phenolic OH excluding ortho intramolecular Hbond substituents is 1. The molecule has 0 spiro atoms. The zero-order valence-corrected chi connectivity index (χ0v) is 14.0. The molecule has 0 saturated carbocycles. The molecule has 0 heterocycles. The lowest BCUT2D eigenvalue weighted by atomic mass is 10.2. The van der Waals surface area contributed by atoms with Crippen molar-refractivity contribution in [3.8, 4) is 17.2 Å². The van der Waals surface area contributed by atoms with Gasteiger partial charge in [0.15, 0.2) is 11.5 Å². The van der Waals surface area contributed by atoms with Gasteiger partial charge in [0.1, 0.15) is 5.75 Å². The van der Waals surface area contributed by atoms with E-state index in [1.807, 2.05) is 12.1 Å². The van der Waals surface area contributed by atoms with Gasteiger partial charge in [0.25, 0.3) is 0 Å². The maximum atomic E-state index is 9.40. The van der Waals surface area contributed by atoms with Gasteiger partial charge >= 0.3 is 0 Å². The topological polar surface area (TPSA) is 50.7 Å². The molecular weight excluding hydrogens is 358 g/mol. The molecule has 0 aliphatic carbocycles. The second kappa shape index (κ2) is 6.91. The molecule has 0 atom stereocenters. The third-order valence-electron chi connectivity index (χ3n) is 2.98. The first kappa shape index (κ1) is 15.8. The van der Waals surface area contributed by atoms with Crippen molar-refractivity contribution < 1.29 is 14.6 Å². The van der Waals surface area contributed by atoms with Crippen molar-refractivity contribution in [2.45, 2.75) is 6.54 Å². The van der Waals surface area contributed by atoms with E-state index in [0.717, 1.165) is 15.7 Å². The molecule has 2 N–H and O–H groups in total. The zero-order valence-electron chi connectivity index (χ0n) is 11.6. The second-order valence-corrected chi connectivity index (χ2v) is 5.58. The predicted octanol–water partition coefficient (Wildman–Crippen LogP) is 4.44. The van der Waals surface area contributed by atoms with Gasteiger partial charge in [0.2, 0.25) is 0 Å². The minimum Gasteiger partial charge on any atom is -0.506 e.